The minimum absolute atomic E-state index is 0.0154. The molecule has 0 aliphatic carbocycles. The molecule has 1 aliphatic rings. The fourth-order valence-corrected chi connectivity index (χ4v) is 3.12. The van der Waals surface area contributed by atoms with Crippen LogP contribution in [0.15, 0.2) is 48.5 Å². The normalized spacial score (nSPS) is 14.5. The van der Waals surface area contributed by atoms with Crippen LogP contribution in [0.1, 0.15) is 11.1 Å². The minimum Gasteiger partial charge on any atom is -0.339 e. The van der Waals surface area contributed by atoms with Gasteiger partial charge < -0.3 is 9.80 Å². The van der Waals surface area contributed by atoms with Crippen LogP contribution in [-0.2, 0) is 16.0 Å². The first kappa shape index (κ1) is 20.0. The quantitative estimate of drug-likeness (QED) is 0.731. The molecule has 146 valence electrons. The molecule has 0 N–H and O–H groups in total. The number of piperazine rings is 1. The number of amides is 2. The molecular weight excluding hydrogens is 386 g/mol. The van der Waals surface area contributed by atoms with Crippen molar-refractivity contribution < 1.29 is 18.4 Å². The fraction of sp³-hybridized carbons (Fsp3) is 0.238. The topological polar surface area (TPSA) is 40.6 Å². The summed E-state index contributed by atoms with van der Waals surface area (Å²) < 4.78 is 27.2. The molecule has 1 fully saturated rings. The molecule has 3 rings (SSSR count). The highest BCUT2D eigenvalue weighted by Gasteiger charge is 2.23. The number of hydrogen-bond acceptors (Lipinski definition) is 2. The van der Waals surface area contributed by atoms with Crippen molar-refractivity contribution >= 4 is 29.5 Å². The zero-order valence-corrected chi connectivity index (χ0v) is 15.8. The van der Waals surface area contributed by atoms with E-state index in [1.54, 1.807) is 21.9 Å². The molecule has 1 heterocycles. The summed E-state index contributed by atoms with van der Waals surface area (Å²) in [6, 6.07) is 10.6. The summed E-state index contributed by atoms with van der Waals surface area (Å²) in [5, 5.41) is 0.617. The van der Waals surface area contributed by atoms with Gasteiger partial charge in [0.1, 0.15) is 11.6 Å². The predicted molar refractivity (Wildman–Crippen MR) is 104 cm³/mol. The molecule has 28 heavy (non-hydrogen) atoms. The molecule has 0 atom stereocenters. The number of nitrogens with zero attached hydrogens (tertiary/aromatic N) is 2. The Labute approximate surface area is 167 Å². The summed E-state index contributed by atoms with van der Waals surface area (Å²) in [6.45, 7) is 1.57. The second-order valence-corrected chi connectivity index (χ2v) is 6.91. The maximum atomic E-state index is 13.6. The predicted octanol–water partition coefficient (Wildman–Crippen LogP) is 3.54. The summed E-state index contributed by atoms with van der Waals surface area (Å²) in [6.07, 6.45) is 2.58. The summed E-state index contributed by atoms with van der Waals surface area (Å²) in [5.74, 6) is -1.80. The molecule has 0 spiro atoms. The first-order valence-corrected chi connectivity index (χ1v) is 9.25. The largest absolute Gasteiger partial charge is 0.339 e. The van der Waals surface area contributed by atoms with Gasteiger partial charge in [-0.3, -0.25) is 9.59 Å². The molecule has 0 radical (unpaired) electrons. The molecule has 0 aromatic heterocycles. The highest BCUT2D eigenvalue weighted by atomic mass is 35.5. The Bertz CT molecular complexity index is 872. The highest BCUT2D eigenvalue weighted by Crippen LogP contribution is 2.15. The lowest BCUT2D eigenvalue weighted by atomic mass is 10.1. The lowest BCUT2D eigenvalue weighted by Gasteiger charge is -2.34. The molecule has 1 saturated heterocycles. The van der Waals surface area contributed by atoms with E-state index in [9.17, 15) is 18.4 Å². The molecule has 7 heteroatoms. The third kappa shape index (κ3) is 4.95. The van der Waals surface area contributed by atoms with Gasteiger partial charge in [0.2, 0.25) is 11.8 Å². The van der Waals surface area contributed by atoms with Crippen molar-refractivity contribution in [2.45, 2.75) is 6.42 Å². The maximum Gasteiger partial charge on any atom is 0.246 e. The lowest BCUT2D eigenvalue weighted by Crippen LogP contribution is -2.50. The van der Waals surface area contributed by atoms with E-state index in [-0.39, 0.29) is 23.8 Å². The fourth-order valence-electron chi connectivity index (χ4n) is 2.99. The van der Waals surface area contributed by atoms with Crippen LogP contribution in [0.4, 0.5) is 8.78 Å². The van der Waals surface area contributed by atoms with Crippen molar-refractivity contribution in [3.05, 3.63) is 76.3 Å². The number of benzene rings is 2. The van der Waals surface area contributed by atoms with Crippen molar-refractivity contribution in [2.75, 3.05) is 26.2 Å². The molecule has 2 aromatic rings. The third-order valence-corrected chi connectivity index (χ3v) is 4.86. The number of hydrogen-bond donors (Lipinski definition) is 0. The van der Waals surface area contributed by atoms with Gasteiger partial charge in [0.05, 0.1) is 6.42 Å². The Morgan fingerprint density at radius 2 is 1.50 bits per heavy atom. The Hall–Kier alpha value is -2.73. The summed E-state index contributed by atoms with van der Waals surface area (Å²) >= 11 is 5.84. The van der Waals surface area contributed by atoms with Gasteiger partial charge in [0, 0.05) is 42.8 Å². The SMILES string of the molecule is O=C(/C=C/c1c(F)cccc1F)N1CCN(C(=O)Cc2ccc(Cl)cc2)CC1. The Morgan fingerprint density at radius 1 is 0.929 bits per heavy atom. The van der Waals surface area contributed by atoms with Crippen molar-refractivity contribution in [1.29, 1.82) is 0 Å². The van der Waals surface area contributed by atoms with Crippen LogP contribution >= 0.6 is 11.6 Å². The minimum atomic E-state index is -0.721. The molecule has 0 saturated carbocycles. The number of rotatable bonds is 4. The van der Waals surface area contributed by atoms with E-state index in [2.05, 4.69) is 0 Å². The van der Waals surface area contributed by atoms with Crippen LogP contribution in [-0.4, -0.2) is 47.8 Å². The van der Waals surface area contributed by atoms with Crippen molar-refractivity contribution in [3.8, 4) is 0 Å². The van der Waals surface area contributed by atoms with E-state index in [1.165, 1.54) is 6.07 Å². The monoisotopic (exact) mass is 404 g/mol. The van der Waals surface area contributed by atoms with E-state index < -0.39 is 11.6 Å². The second kappa shape index (κ2) is 8.97. The maximum absolute atomic E-state index is 13.6. The average Bonchev–Trinajstić information content (AvgIpc) is 2.69. The summed E-state index contributed by atoms with van der Waals surface area (Å²) in [5.41, 5.74) is 0.635. The first-order valence-electron chi connectivity index (χ1n) is 8.87. The van der Waals surface area contributed by atoms with Crippen molar-refractivity contribution in [2.24, 2.45) is 0 Å². The smallest absolute Gasteiger partial charge is 0.246 e. The van der Waals surface area contributed by atoms with Crippen molar-refractivity contribution in [3.63, 3.8) is 0 Å². The molecule has 1 aliphatic heterocycles. The third-order valence-electron chi connectivity index (χ3n) is 4.60. The highest BCUT2D eigenvalue weighted by molar-refractivity contribution is 6.30. The van der Waals surface area contributed by atoms with Crippen LogP contribution in [0, 0.1) is 11.6 Å². The van der Waals surface area contributed by atoms with E-state index in [4.69, 9.17) is 11.6 Å². The van der Waals surface area contributed by atoms with Crippen LogP contribution in [0.5, 0.6) is 0 Å². The van der Waals surface area contributed by atoms with E-state index >= 15 is 0 Å². The van der Waals surface area contributed by atoms with Gasteiger partial charge in [-0.05, 0) is 35.9 Å². The Balaban J connectivity index is 1.53. The molecular formula is C21H19ClF2N2O2. The Kier molecular flexibility index (Phi) is 6.41. The van der Waals surface area contributed by atoms with Gasteiger partial charge in [-0.15, -0.1) is 0 Å². The van der Waals surface area contributed by atoms with E-state index in [0.29, 0.717) is 31.2 Å². The lowest BCUT2D eigenvalue weighted by molar-refractivity contribution is -0.136. The number of carbonyl (C=O) groups excluding carboxylic acids is 2. The first-order chi connectivity index (χ1) is 13.4. The molecule has 0 bridgehead atoms. The number of carbonyl (C=O) groups is 2. The van der Waals surface area contributed by atoms with Crippen LogP contribution in [0.2, 0.25) is 5.02 Å². The van der Waals surface area contributed by atoms with Crippen molar-refractivity contribution in [1.82, 2.24) is 9.80 Å². The molecule has 2 amide bonds. The zero-order valence-electron chi connectivity index (χ0n) is 15.1. The molecule has 4 nitrogen and oxygen atoms in total. The van der Waals surface area contributed by atoms with Gasteiger partial charge in [0.15, 0.2) is 0 Å². The summed E-state index contributed by atoms with van der Waals surface area (Å²) in [7, 11) is 0. The van der Waals surface area contributed by atoms with Gasteiger partial charge in [-0.1, -0.05) is 29.8 Å². The number of halogens is 3. The van der Waals surface area contributed by atoms with Gasteiger partial charge >= 0.3 is 0 Å². The van der Waals surface area contributed by atoms with E-state index in [1.807, 2.05) is 12.1 Å². The molecule has 2 aromatic carbocycles. The van der Waals surface area contributed by atoms with Gasteiger partial charge in [-0.25, -0.2) is 8.78 Å². The molecule has 0 unspecified atom stereocenters. The van der Waals surface area contributed by atoms with Crippen LogP contribution in [0.3, 0.4) is 0 Å². The van der Waals surface area contributed by atoms with Crippen LogP contribution in [0.25, 0.3) is 6.08 Å². The van der Waals surface area contributed by atoms with Gasteiger partial charge in [-0.2, -0.15) is 0 Å². The summed E-state index contributed by atoms with van der Waals surface area (Å²) in [4.78, 5) is 27.9. The standard InChI is InChI=1S/C21H19ClF2N2O2/c22-16-6-4-15(5-7-16)14-21(28)26-12-10-25(11-13-26)20(27)9-8-17-18(23)2-1-3-19(17)24/h1-9H,10-14H2/b9-8+. The zero-order chi connectivity index (χ0) is 20.1. The average molecular weight is 405 g/mol. The van der Waals surface area contributed by atoms with Gasteiger partial charge in [0.25, 0.3) is 0 Å². The Morgan fingerprint density at radius 3 is 2.11 bits per heavy atom. The van der Waals surface area contributed by atoms with E-state index in [0.717, 1.165) is 29.8 Å². The second-order valence-electron chi connectivity index (χ2n) is 6.48. The van der Waals surface area contributed by atoms with Crippen LogP contribution < -0.4 is 0 Å².